The molecule has 2 nitrogen and oxygen atoms in total. The highest BCUT2D eigenvalue weighted by Gasteiger charge is 2.12. The highest BCUT2D eigenvalue weighted by molar-refractivity contribution is 6.17. The summed E-state index contributed by atoms with van der Waals surface area (Å²) < 4.78 is 15.3. The molecule has 0 fully saturated rings. The molecule has 0 radical (unpaired) electrons. The van der Waals surface area contributed by atoms with Crippen molar-refractivity contribution in [3.05, 3.63) is 59.7 Å². The minimum Gasteiger partial charge on any atom is -0.295 e. The molecule has 0 aliphatic rings. The Labute approximate surface area is 121 Å². The van der Waals surface area contributed by atoms with Crippen LogP contribution in [0, 0.1) is 5.82 Å². The van der Waals surface area contributed by atoms with Crippen LogP contribution in [0.5, 0.6) is 0 Å². The summed E-state index contributed by atoms with van der Waals surface area (Å²) in [5.41, 5.74) is 3.75. The number of fused-ring (bicyclic) bond motifs is 1. The maximum atomic E-state index is 13.3. The molecule has 0 bridgehead atoms. The van der Waals surface area contributed by atoms with Gasteiger partial charge >= 0.3 is 0 Å². The number of halogens is 2. The molecular weight excluding hydrogens is 275 g/mol. The second-order valence-electron chi connectivity index (χ2n) is 4.65. The third-order valence-electron chi connectivity index (χ3n) is 3.38. The number of hydrogen-bond donors (Lipinski definition) is 0. The fraction of sp³-hybridized carbons (Fsp3) is 0.188. The molecule has 0 atom stereocenters. The van der Waals surface area contributed by atoms with Gasteiger partial charge in [0.25, 0.3) is 0 Å². The van der Waals surface area contributed by atoms with Crippen LogP contribution in [0.1, 0.15) is 18.3 Å². The summed E-state index contributed by atoms with van der Waals surface area (Å²) in [5, 5.41) is 0. The first-order chi connectivity index (χ1) is 9.72. The lowest BCUT2D eigenvalue weighted by atomic mass is 10.1. The summed E-state index contributed by atoms with van der Waals surface area (Å²) in [5.74, 6) is 0.721. The van der Waals surface area contributed by atoms with Crippen molar-refractivity contribution >= 4 is 22.6 Å². The van der Waals surface area contributed by atoms with E-state index in [2.05, 4.69) is 24.0 Å². The molecule has 0 saturated heterocycles. The number of alkyl halides is 1. The van der Waals surface area contributed by atoms with Crippen LogP contribution < -0.4 is 0 Å². The van der Waals surface area contributed by atoms with Crippen LogP contribution in [0.2, 0.25) is 0 Å². The number of benzene rings is 2. The number of aromatic nitrogens is 2. The Balaban J connectivity index is 2.28. The van der Waals surface area contributed by atoms with Crippen molar-refractivity contribution in [1.29, 1.82) is 0 Å². The lowest BCUT2D eigenvalue weighted by Crippen LogP contribution is -1.99. The Kier molecular flexibility index (Phi) is 3.45. The van der Waals surface area contributed by atoms with Crippen LogP contribution in [0.4, 0.5) is 4.39 Å². The molecule has 0 saturated carbocycles. The highest BCUT2D eigenvalue weighted by atomic mass is 35.5. The van der Waals surface area contributed by atoms with Crippen LogP contribution in [-0.4, -0.2) is 9.55 Å². The van der Waals surface area contributed by atoms with Crippen LogP contribution in [0.25, 0.3) is 16.7 Å². The zero-order chi connectivity index (χ0) is 14.1. The number of rotatable bonds is 3. The summed E-state index contributed by atoms with van der Waals surface area (Å²) in [4.78, 5) is 4.41. The fourth-order valence-corrected chi connectivity index (χ4v) is 2.58. The van der Waals surface area contributed by atoms with E-state index in [1.165, 1.54) is 17.7 Å². The summed E-state index contributed by atoms with van der Waals surface area (Å²) in [6.45, 7) is 2.11. The van der Waals surface area contributed by atoms with Gasteiger partial charge in [0.2, 0.25) is 0 Å². The van der Waals surface area contributed by atoms with Crippen molar-refractivity contribution in [1.82, 2.24) is 9.55 Å². The van der Waals surface area contributed by atoms with Crippen LogP contribution in [-0.2, 0) is 12.3 Å². The second-order valence-corrected chi connectivity index (χ2v) is 4.92. The van der Waals surface area contributed by atoms with Crippen LogP contribution in [0.3, 0.4) is 0 Å². The predicted molar refractivity (Wildman–Crippen MR) is 80.0 cm³/mol. The van der Waals surface area contributed by atoms with Crippen LogP contribution >= 0.6 is 11.6 Å². The smallest absolute Gasteiger partial charge is 0.129 e. The van der Waals surface area contributed by atoms with Crippen molar-refractivity contribution < 1.29 is 4.39 Å². The molecule has 0 spiro atoms. The van der Waals surface area contributed by atoms with Crippen molar-refractivity contribution in [2.24, 2.45) is 0 Å². The summed E-state index contributed by atoms with van der Waals surface area (Å²) in [7, 11) is 0. The van der Waals surface area contributed by atoms with E-state index in [4.69, 9.17) is 11.6 Å². The SMILES string of the molecule is CCc1cccc(-n2c(CCl)nc3cc(F)ccc32)c1. The van der Waals surface area contributed by atoms with Gasteiger partial charge in [0.1, 0.15) is 11.6 Å². The van der Waals surface area contributed by atoms with Gasteiger partial charge < -0.3 is 0 Å². The predicted octanol–water partition coefficient (Wildman–Crippen LogP) is 4.47. The summed E-state index contributed by atoms with van der Waals surface area (Å²) in [6, 6.07) is 12.9. The van der Waals surface area contributed by atoms with Gasteiger partial charge in [0.05, 0.1) is 16.9 Å². The minimum absolute atomic E-state index is 0.284. The van der Waals surface area contributed by atoms with Gasteiger partial charge in [-0.3, -0.25) is 4.57 Å². The average Bonchev–Trinajstić information content (AvgIpc) is 2.84. The molecule has 3 rings (SSSR count). The van der Waals surface area contributed by atoms with E-state index in [1.54, 1.807) is 6.07 Å². The normalized spacial score (nSPS) is 11.2. The Morgan fingerprint density at radius 3 is 2.80 bits per heavy atom. The van der Waals surface area contributed by atoms with Gasteiger partial charge in [-0.05, 0) is 36.2 Å². The van der Waals surface area contributed by atoms with Crippen molar-refractivity contribution in [3.8, 4) is 5.69 Å². The number of aryl methyl sites for hydroxylation is 1. The summed E-state index contributed by atoms with van der Waals surface area (Å²) in [6.07, 6.45) is 0.964. The fourth-order valence-electron chi connectivity index (χ4n) is 2.40. The van der Waals surface area contributed by atoms with E-state index in [1.807, 2.05) is 16.7 Å². The molecule has 2 aromatic carbocycles. The first-order valence-corrected chi connectivity index (χ1v) is 7.08. The summed E-state index contributed by atoms with van der Waals surface area (Å²) >= 11 is 5.99. The van der Waals surface area contributed by atoms with E-state index in [0.717, 1.165) is 23.4 Å². The van der Waals surface area contributed by atoms with Gasteiger partial charge in [-0.2, -0.15) is 0 Å². The van der Waals surface area contributed by atoms with Gasteiger partial charge in [0, 0.05) is 11.8 Å². The maximum Gasteiger partial charge on any atom is 0.129 e. The standard InChI is InChI=1S/C16H14ClFN2/c1-2-11-4-3-5-13(8-11)20-15-7-6-12(18)9-14(15)19-16(20)10-17/h3-9H,2,10H2,1H3. The molecule has 20 heavy (non-hydrogen) atoms. The molecule has 1 heterocycles. The van der Waals surface area contributed by atoms with Gasteiger partial charge in [0.15, 0.2) is 0 Å². The first-order valence-electron chi connectivity index (χ1n) is 6.55. The Morgan fingerprint density at radius 2 is 2.05 bits per heavy atom. The van der Waals surface area contributed by atoms with Crippen molar-refractivity contribution in [2.75, 3.05) is 0 Å². The quantitative estimate of drug-likeness (QED) is 0.650. The highest BCUT2D eigenvalue weighted by Crippen LogP contribution is 2.24. The van der Waals surface area contributed by atoms with E-state index < -0.39 is 0 Å². The zero-order valence-corrected chi connectivity index (χ0v) is 11.9. The van der Waals surface area contributed by atoms with Crippen LogP contribution in [0.15, 0.2) is 42.5 Å². The van der Waals surface area contributed by atoms with Crippen molar-refractivity contribution in [2.45, 2.75) is 19.2 Å². The lowest BCUT2D eigenvalue weighted by Gasteiger charge is -2.09. The maximum absolute atomic E-state index is 13.3. The Bertz CT molecular complexity index is 764. The van der Waals surface area contributed by atoms with Gasteiger partial charge in [-0.15, -0.1) is 11.6 Å². The second kappa shape index (κ2) is 5.25. The van der Waals surface area contributed by atoms with Crippen molar-refractivity contribution in [3.63, 3.8) is 0 Å². The van der Waals surface area contributed by atoms with E-state index in [0.29, 0.717) is 5.52 Å². The third-order valence-corrected chi connectivity index (χ3v) is 3.62. The number of nitrogens with zero attached hydrogens (tertiary/aromatic N) is 2. The molecule has 1 aromatic heterocycles. The molecule has 0 aliphatic carbocycles. The molecule has 0 aliphatic heterocycles. The molecular formula is C16H14ClFN2. The van der Waals surface area contributed by atoms with E-state index in [9.17, 15) is 4.39 Å². The third kappa shape index (κ3) is 2.18. The molecule has 0 N–H and O–H groups in total. The molecule has 3 aromatic rings. The van der Waals surface area contributed by atoms with Gasteiger partial charge in [-0.1, -0.05) is 19.1 Å². The van der Waals surface area contributed by atoms with E-state index >= 15 is 0 Å². The number of imidazole rings is 1. The monoisotopic (exact) mass is 288 g/mol. The molecule has 0 unspecified atom stereocenters. The number of hydrogen-bond acceptors (Lipinski definition) is 1. The minimum atomic E-state index is -0.286. The molecule has 0 amide bonds. The average molecular weight is 289 g/mol. The molecule has 102 valence electrons. The van der Waals surface area contributed by atoms with Gasteiger partial charge in [-0.25, -0.2) is 9.37 Å². The zero-order valence-electron chi connectivity index (χ0n) is 11.1. The Hall–Kier alpha value is -1.87. The Morgan fingerprint density at radius 1 is 1.20 bits per heavy atom. The largest absolute Gasteiger partial charge is 0.295 e. The first kappa shape index (κ1) is 13.1. The lowest BCUT2D eigenvalue weighted by molar-refractivity contribution is 0.629. The molecule has 4 heteroatoms. The van der Waals surface area contributed by atoms with E-state index in [-0.39, 0.29) is 11.7 Å². The topological polar surface area (TPSA) is 17.8 Å².